The Hall–Kier alpha value is -0.820. The Balaban J connectivity index is 2.14. The molecule has 2 rings (SSSR count). The number of nitrogens with zero attached hydrogens (tertiary/aromatic N) is 4. The van der Waals surface area contributed by atoms with E-state index in [1.165, 1.54) is 11.8 Å². The molecule has 0 radical (unpaired) electrons. The Kier molecular flexibility index (Phi) is 5.65. The average Bonchev–Trinajstić information content (AvgIpc) is 2.82. The zero-order valence-electron chi connectivity index (χ0n) is 11.0. The molecule has 20 heavy (non-hydrogen) atoms. The highest BCUT2D eigenvalue weighted by Crippen LogP contribution is 2.26. The molecule has 0 aliphatic rings. The summed E-state index contributed by atoms with van der Waals surface area (Å²) in [5.74, 6) is 1.38. The molecule has 5 nitrogen and oxygen atoms in total. The molecule has 108 valence electrons. The van der Waals surface area contributed by atoms with E-state index in [0.717, 1.165) is 29.6 Å². The van der Waals surface area contributed by atoms with Crippen molar-refractivity contribution in [3.8, 4) is 0 Å². The maximum Gasteiger partial charge on any atom is 0.191 e. The van der Waals surface area contributed by atoms with Gasteiger partial charge in [0.1, 0.15) is 11.0 Å². The topological polar surface area (TPSA) is 69.6 Å². The molecule has 2 heterocycles. The summed E-state index contributed by atoms with van der Waals surface area (Å²) in [6.07, 6.45) is 0.995. The van der Waals surface area contributed by atoms with E-state index in [4.69, 9.17) is 28.9 Å². The molecule has 2 aromatic heterocycles. The molecule has 0 aromatic carbocycles. The first-order valence-corrected chi connectivity index (χ1v) is 7.95. The predicted octanol–water partition coefficient (Wildman–Crippen LogP) is 3.14. The Morgan fingerprint density at radius 2 is 2.10 bits per heavy atom. The van der Waals surface area contributed by atoms with Gasteiger partial charge < -0.3 is 10.3 Å². The summed E-state index contributed by atoms with van der Waals surface area (Å²) >= 11 is 13.5. The normalized spacial score (nSPS) is 11.0. The highest BCUT2D eigenvalue weighted by atomic mass is 35.5. The van der Waals surface area contributed by atoms with Crippen LogP contribution in [0.25, 0.3) is 0 Å². The van der Waals surface area contributed by atoms with E-state index in [2.05, 4.69) is 22.1 Å². The lowest BCUT2D eigenvalue weighted by Gasteiger charge is -2.08. The van der Waals surface area contributed by atoms with E-state index in [-0.39, 0.29) is 0 Å². The van der Waals surface area contributed by atoms with Gasteiger partial charge in [0.25, 0.3) is 0 Å². The van der Waals surface area contributed by atoms with E-state index in [0.29, 0.717) is 22.5 Å². The summed E-state index contributed by atoms with van der Waals surface area (Å²) in [5.41, 5.74) is 6.40. The number of rotatable bonds is 6. The molecule has 0 aliphatic heterocycles. The van der Waals surface area contributed by atoms with Crippen molar-refractivity contribution in [2.75, 3.05) is 0 Å². The highest BCUT2D eigenvalue weighted by Gasteiger charge is 2.12. The van der Waals surface area contributed by atoms with Crippen LogP contribution >= 0.6 is 35.0 Å². The molecule has 0 amide bonds. The molecule has 8 heteroatoms. The van der Waals surface area contributed by atoms with Crippen LogP contribution in [-0.4, -0.2) is 19.7 Å². The highest BCUT2D eigenvalue weighted by molar-refractivity contribution is 7.98. The van der Waals surface area contributed by atoms with Crippen LogP contribution in [0.3, 0.4) is 0 Å². The van der Waals surface area contributed by atoms with Crippen LogP contribution < -0.4 is 5.73 Å². The van der Waals surface area contributed by atoms with Crippen molar-refractivity contribution >= 4 is 35.0 Å². The molecule has 0 fully saturated rings. The third-order valence-corrected chi connectivity index (χ3v) is 4.18. The number of hydrogen-bond acceptors (Lipinski definition) is 5. The van der Waals surface area contributed by atoms with Crippen molar-refractivity contribution in [1.82, 2.24) is 19.7 Å². The average molecular weight is 332 g/mol. The van der Waals surface area contributed by atoms with Crippen LogP contribution in [0.1, 0.15) is 24.9 Å². The van der Waals surface area contributed by atoms with Gasteiger partial charge in [-0.25, -0.2) is 4.98 Å². The largest absolute Gasteiger partial charge is 0.324 e. The fraction of sp³-hybridized carbons (Fsp3) is 0.417. The first kappa shape index (κ1) is 15.6. The molecule has 0 saturated heterocycles. The molecule has 2 aromatic rings. The summed E-state index contributed by atoms with van der Waals surface area (Å²) < 4.78 is 2.03. The Bertz CT molecular complexity index is 587. The SMILES string of the molecule is CCCn1c(CN)nnc1SCc1nc(Cl)ccc1Cl. The molecule has 0 spiro atoms. The quantitative estimate of drug-likeness (QED) is 0.650. The standard InChI is InChI=1S/C12H15Cl2N5S/c1-2-5-19-11(6-15)17-18-12(19)20-7-9-8(13)3-4-10(14)16-9/h3-4H,2,5-7,15H2,1H3. The fourth-order valence-corrected chi connectivity index (χ4v) is 3.07. The molecule has 0 aliphatic carbocycles. The van der Waals surface area contributed by atoms with Gasteiger partial charge in [-0.2, -0.15) is 0 Å². The number of halogens is 2. The number of aromatic nitrogens is 4. The second-order valence-corrected chi connectivity index (χ2v) is 5.84. The Morgan fingerprint density at radius 1 is 1.30 bits per heavy atom. The van der Waals surface area contributed by atoms with Crippen molar-refractivity contribution in [3.63, 3.8) is 0 Å². The summed E-state index contributed by atoms with van der Waals surface area (Å²) in [6, 6.07) is 3.42. The third kappa shape index (κ3) is 3.63. The van der Waals surface area contributed by atoms with E-state index in [1.807, 2.05) is 4.57 Å². The van der Waals surface area contributed by atoms with E-state index in [1.54, 1.807) is 12.1 Å². The van der Waals surface area contributed by atoms with Gasteiger partial charge in [0, 0.05) is 12.3 Å². The fourth-order valence-electron chi connectivity index (χ4n) is 1.72. The van der Waals surface area contributed by atoms with Gasteiger partial charge in [-0.05, 0) is 18.6 Å². The van der Waals surface area contributed by atoms with Gasteiger partial charge in [-0.3, -0.25) is 0 Å². The molecule has 0 atom stereocenters. The third-order valence-electron chi connectivity index (χ3n) is 2.65. The second kappa shape index (κ2) is 7.26. The number of hydrogen-bond donors (Lipinski definition) is 1. The zero-order valence-corrected chi connectivity index (χ0v) is 13.3. The number of pyridine rings is 1. The summed E-state index contributed by atoms with van der Waals surface area (Å²) in [4.78, 5) is 4.22. The van der Waals surface area contributed by atoms with Gasteiger partial charge in [0.05, 0.1) is 17.3 Å². The van der Waals surface area contributed by atoms with E-state index < -0.39 is 0 Å². The minimum atomic E-state index is 0.379. The lowest BCUT2D eigenvalue weighted by molar-refractivity contribution is 0.592. The molecule has 0 bridgehead atoms. The van der Waals surface area contributed by atoms with Gasteiger partial charge >= 0.3 is 0 Å². The van der Waals surface area contributed by atoms with Crippen molar-refractivity contribution in [1.29, 1.82) is 0 Å². The van der Waals surface area contributed by atoms with Crippen LogP contribution in [-0.2, 0) is 18.8 Å². The molecular formula is C12H15Cl2N5S. The van der Waals surface area contributed by atoms with Crippen molar-refractivity contribution in [2.45, 2.75) is 37.3 Å². The lowest BCUT2D eigenvalue weighted by atomic mass is 10.4. The summed E-state index contributed by atoms with van der Waals surface area (Å²) in [7, 11) is 0. The molecule has 0 unspecified atom stereocenters. The molecular weight excluding hydrogens is 317 g/mol. The van der Waals surface area contributed by atoms with Crippen molar-refractivity contribution < 1.29 is 0 Å². The van der Waals surface area contributed by atoms with E-state index in [9.17, 15) is 0 Å². The van der Waals surface area contributed by atoms with Crippen LogP contribution in [0.2, 0.25) is 10.2 Å². The first-order valence-electron chi connectivity index (χ1n) is 6.21. The van der Waals surface area contributed by atoms with Gasteiger partial charge in [-0.15, -0.1) is 10.2 Å². The maximum absolute atomic E-state index is 6.10. The summed E-state index contributed by atoms with van der Waals surface area (Å²) in [6.45, 7) is 3.33. The number of nitrogens with two attached hydrogens (primary N) is 1. The predicted molar refractivity (Wildman–Crippen MR) is 82.0 cm³/mol. The van der Waals surface area contributed by atoms with Crippen LogP contribution in [0.4, 0.5) is 0 Å². The zero-order chi connectivity index (χ0) is 14.5. The Labute approximate surface area is 131 Å². The monoisotopic (exact) mass is 331 g/mol. The lowest BCUT2D eigenvalue weighted by Crippen LogP contribution is -2.09. The Morgan fingerprint density at radius 3 is 2.80 bits per heavy atom. The molecule has 2 N–H and O–H groups in total. The van der Waals surface area contributed by atoms with Gasteiger partial charge in [-0.1, -0.05) is 41.9 Å². The minimum Gasteiger partial charge on any atom is -0.324 e. The minimum absolute atomic E-state index is 0.379. The van der Waals surface area contributed by atoms with Gasteiger partial charge in [0.2, 0.25) is 0 Å². The summed E-state index contributed by atoms with van der Waals surface area (Å²) in [5, 5.41) is 10.1. The number of thioether (sulfide) groups is 1. The van der Waals surface area contributed by atoms with Crippen LogP contribution in [0, 0.1) is 0 Å². The van der Waals surface area contributed by atoms with E-state index >= 15 is 0 Å². The van der Waals surface area contributed by atoms with Gasteiger partial charge in [0.15, 0.2) is 5.16 Å². The van der Waals surface area contributed by atoms with Crippen LogP contribution in [0.5, 0.6) is 0 Å². The molecule has 0 saturated carbocycles. The van der Waals surface area contributed by atoms with Crippen molar-refractivity contribution in [2.24, 2.45) is 5.73 Å². The first-order chi connectivity index (χ1) is 9.65. The maximum atomic E-state index is 6.10. The van der Waals surface area contributed by atoms with Crippen LogP contribution in [0.15, 0.2) is 17.3 Å². The smallest absolute Gasteiger partial charge is 0.191 e. The second-order valence-electron chi connectivity index (χ2n) is 4.11. The van der Waals surface area contributed by atoms with Crippen molar-refractivity contribution in [3.05, 3.63) is 33.8 Å².